The van der Waals surface area contributed by atoms with E-state index in [2.05, 4.69) is 23.2 Å². The Kier molecular flexibility index (Phi) is 3.39. The summed E-state index contributed by atoms with van der Waals surface area (Å²) in [7, 11) is 0. The molecule has 0 radical (unpaired) electrons. The number of pyridine rings is 1. The van der Waals surface area contributed by atoms with Gasteiger partial charge in [0.05, 0.1) is 12.1 Å². The van der Waals surface area contributed by atoms with Crippen molar-refractivity contribution in [2.75, 3.05) is 4.90 Å². The van der Waals surface area contributed by atoms with Gasteiger partial charge in [-0.2, -0.15) is 0 Å². The fraction of sp³-hybridized carbons (Fsp3) is 0.100. The average Bonchev–Trinajstić information content (AvgIpc) is 2.92. The first-order valence-electron chi connectivity index (χ1n) is 7.71. The largest absolute Gasteiger partial charge is 0.280 e. The molecule has 1 aromatic carbocycles. The van der Waals surface area contributed by atoms with Crippen LogP contribution in [0.4, 0.5) is 5.69 Å². The normalized spacial score (nSPS) is 18.3. The zero-order chi connectivity index (χ0) is 15.6. The van der Waals surface area contributed by atoms with Gasteiger partial charge in [-0.3, -0.25) is 14.7 Å². The molecule has 2 aromatic rings. The molecule has 0 unspecified atom stereocenters. The number of allylic oxidation sites excluding steroid dienone is 4. The van der Waals surface area contributed by atoms with Crippen LogP contribution in [0, 0.1) is 0 Å². The molecule has 1 aromatic heterocycles. The zero-order valence-electron chi connectivity index (χ0n) is 12.6. The molecule has 0 fully saturated rings. The third kappa shape index (κ3) is 2.61. The summed E-state index contributed by atoms with van der Waals surface area (Å²) in [5.74, 6) is 0.132. The Morgan fingerprint density at radius 1 is 1.09 bits per heavy atom. The van der Waals surface area contributed by atoms with Crippen molar-refractivity contribution in [1.82, 2.24) is 4.98 Å². The van der Waals surface area contributed by atoms with Gasteiger partial charge >= 0.3 is 0 Å². The van der Waals surface area contributed by atoms with Crippen molar-refractivity contribution in [2.45, 2.75) is 12.8 Å². The lowest BCUT2D eigenvalue weighted by Gasteiger charge is -2.21. The molecule has 2 heterocycles. The Morgan fingerprint density at radius 3 is 2.78 bits per heavy atom. The molecule has 0 saturated heterocycles. The van der Waals surface area contributed by atoms with E-state index in [1.165, 1.54) is 5.57 Å². The molecule has 4 rings (SSSR count). The molecule has 0 bridgehead atoms. The van der Waals surface area contributed by atoms with E-state index >= 15 is 0 Å². The highest BCUT2D eigenvalue weighted by atomic mass is 16.2. The summed E-state index contributed by atoms with van der Waals surface area (Å²) < 4.78 is 0. The van der Waals surface area contributed by atoms with Gasteiger partial charge in [-0.25, -0.2) is 0 Å². The van der Waals surface area contributed by atoms with E-state index in [1.807, 2.05) is 47.4 Å². The number of carbonyl (C=O) groups is 1. The second-order valence-corrected chi connectivity index (χ2v) is 5.71. The standard InChI is InChI=1S/C20H16N2O/c23-20-14-17-5-1-2-7-19(17)22(20)18-6-3-4-16(13-18)12-15-8-10-21-11-9-15/h1-3,5-13H,4,14H2. The maximum atomic E-state index is 12.4. The van der Waals surface area contributed by atoms with E-state index in [9.17, 15) is 4.79 Å². The molecule has 23 heavy (non-hydrogen) atoms. The molecular formula is C20H16N2O. The number of anilines is 1. The van der Waals surface area contributed by atoms with Gasteiger partial charge in [0.2, 0.25) is 5.91 Å². The van der Waals surface area contributed by atoms with Crippen molar-refractivity contribution in [2.24, 2.45) is 0 Å². The summed E-state index contributed by atoms with van der Waals surface area (Å²) in [6.07, 6.45) is 13.3. The van der Waals surface area contributed by atoms with Crippen molar-refractivity contribution in [3.05, 3.63) is 89.4 Å². The minimum atomic E-state index is 0.132. The minimum Gasteiger partial charge on any atom is -0.280 e. The molecule has 3 heteroatoms. The summed E-state index contributed by atoms with van der Waals surface area (Å²) in [6, 6.07) is 12.0. The van der Waals surface area contributed by atoms with Gasteiger partial charge in [0.15, 0.2) is 0 Å². The first-order valence-corrected chi connectivity index (χ1v) is 7.71. The van der Waals surface area contributed by atoms with Gasteiger partial charge in [-0.15, -0.1) is 0 Å². The molecule has 1 aliphatic heterocycles. The number of amides is 1. The molecule has 0 atom stereocenters. The molecule has 0 saturated carbocycles. The number of hydrogen-bond donors (Lipinski definition) is 0. The number of aromatic nitrogens is 1. The summed E-state index contributed by atoms with van der Waals surface area (Å²) in [5.41, 5.74) is 5.34. The average molecular weight is 300 g/mol. The first-order chi connectivity index (χ1) is 11.3. The van der Waals surface area contributed by atoms with Crippen LogP contribution in [0.2, 0.25) is 0 Å². The highest BCUT2D eigenvalue weighted by molar-refractivity contribution is 6.04. The number of hydrogen-bond acceptors (Lipinski definition) is 2. The van der Waals surface area contributed by atoms with Crippen molar-refractivity contribution in [3.8, 4) is 0 Å². The zero-order valence-corrected chi connectivity index (χ0v) is 12.6. The van der Waals surface area contributed by atoms with E-state index in [1.54, 1.807) is 12.4 Å². The van der Waals surface area contributed by atoms with E-state index in [4.69, 9.17) is 0 Å². The highest BCUT2D eigenvalue weighted by Gasteiger charge is 2.29. The maximum absolute atomic E-state index is 12.4. The third-order valence-corrected chi connectivity index (χ3v) is 4.12. The molecule has 2 aliphatic rings. The number of para-hydroxylation sites is 1. The smallest absolute Gasteiger partial charge is 0.236 e. The number of nitrogens with zero attached hydrogens (tertiary/aromatic N) is 2. The van der Waals surface area contributed by atoms with Crippen LogP contribution >= 0.6 is 0 Å². The predicted octanol–water partition coefficient (Wildman–Crippen LogP) is 3.90. The number of carbonyl (C=O) groups excluding carboxylic acids is 1. The lowest BCUT2D eigenvalue weighted by Crippen LogP contribution is -2.25. The molecule has 0 N–H and O–H groups in total. The van der Waals surface area contributed by atoms with Crippen LogP contribution in [-0.4, -0.2) is 10.9 Å². The second kappa shape index (κ2) is 5.69. The van der Waals surface area contributed by atoms with Gasteiger partial charge in [0, 0.05) is 18.1 Å². The monoisotopic (exact) mass is 300 g/mol. The topological polar surface area (TPSA) is 33.2 Å². The number of fused-ring (bicyclic) bond motifs is 1. The van der Waals surface area contributed by atoms with Gasteiger partial charge in [-0.05, 0) is 53.5 Å². The van der Waals surface area contributed by atoms with Gasteiger partial charge in [-0.1, -0.05) is 30.4 Å². The van der Waals surface area contributed by atoms with E-state index in [-0.39, 0.29) is 5.91 Å². The molecule has 112 valence electrons. The summed E-state index contributed by atoms with van der Waals surface area (Å²) in [5, 5.41) is 0. The van der Waals surface area contributed by atoms with Crippen LogP contribution in [0.3, 0.4) is 0 Å². The lowest BCUT2D eigenvalue weighted by molar-refractivity contribution is -0.116. The summed E-state index contributed by atoms with van der Waals surface area (Å²) in [4.78, 5) is 18.3. The number of benzene rings is 1. The van der Waals surface area contributed by atoms with Crippen LogP contribution < -0.4 is 4.90 Å². The molecule has 1 aliphatic carbocycles. The summed E-state index contributed by atoms with van der Waals surface area (Å²) >= 11 is 0. The highest BCUT2D eigenvalue weighted by Crippen LogP contribution is 2.34. The predicted molar refractivity (Wildman–Crippen MR) is 91.7 cm³/mol. The minimum absolute atomic E-state index is 0.132. The van der Waals surface area contributed by atoms with Gasteiger partial charge in [0.1, 0.15) is 0 Å². The lowest BCUT2D eigenvalue weighted by atomic mass is 10.0. The Labute approximate surface area is 135 Å². The quantitative estimate of drug-likeness (QED) is 0.843. The summed E-state index contributed by atoms with van der Waals surface area (Å²) in [6.45, 7) is 0. The van der Waals surface area contributed by atoms with Crippen molar-refractivity contribution < 1.29 is 4.79 Å². The molecule has 0 spiro atoms. The Balaban J connectivity index is 1.70. The van der Waals surface area contributed by atoms with Crippen LogP contribution in [0.5, 0.6) is 0 Å². The van der Waals surface area contributed by atoms with E-state index in [0.717, 1.165) is 28.9 Å². The Morgan fingerprint density at radius 2 is 1.91 bits per heavy atom. The fourth-order valence-electron chi connectivity index (χ4n) is 3.06. The van der Waals surface area contributed by atoms with E-state index < -0.39 is 0 Å². The Hall–Kier alpha value is -2.94. The fourth-order valence-corrected chi connectivity index (χ4v) is 3.06. The van der Waals surface area contributed by atoms with Crippen molar-refractivity contribution >= 4 is 17.7 Å². The number of rotatable bonds is 2. The molecule has 3 nitrogen and oxygen atoms in total. The van der Waals surface area contributed by atoms with Crippen LogP contribution in [-0.2, 0) is 11.2 Å². The Bertz CT molecular complexity index is 847. The second-order valence-electron chi connectivity index (χ2n) is 5.71. The van der Waals surface area contributed by atoms with Gasteiger partial charge in [0.25, 0.3) is 0 Å². The van der Waals surface area contributed by atoms with Crippen LogP contribution in [0.15, 0.2) is 78.3 Å². The molecular weight excluding hydrogens is 284 g/mol. The van der Waals surface area contributed by atoms with Crippen molar-refractivity contribution in [3.63, 3.8) is 0 Å². The maximum Gasteiger partial charge on any atom is 0.236 e. The van der Waals surface area contributed by atoms with Crippen molar-refractivity contribution in [1.29, 1.82) is 0 Å². The first kappa shape index (κ1) is 13.7. The third-order valence-electron chi connectivity index (χ3n) is 4.12. The van der Waals surface area contributed by atoms with Crippen LogP contribution in [0.1, 0.15) is 17.5 Å². The van der Waals surface area contributed by atoms with Crippen LogP contribution in [0.25, 0.3) is 6.08 Å². The van der Waals surface area contributed by atoms with Gasteiger partial charge < -0.3 is 0 Å². The SMILES string of the molecule is O=C1Cc2ccccc2N1C1=CC(=Cc2ccncc2)CC=C1. The molecule has 1 amide bonds. The van der Waals surface area contributed by atoms with E-state index in [0.29, 0.717) is 6.42 Å².